The van der Waals surface area contributed by atoms with Crippen molar-refractivity contribution in [3.05, 3.63) is 47.4 Å². The Hall–Kier alpha value is -2.43. The van der Waals surface area contributed by atoms with E-state index in [4.69, 9.17) is 10.2 Å². The lowest BCUT2D eigenvalue weighted by molar-refractivity contribution is 0.0775. The molecule has 0 spiro atoms. The molecule has 0 bridgehead atoms. The van der Waals surface area contributed by atoms with Gasteiger partial charge in [0.1, 0.15) is 17.3 Å². The summed E-state index contributed by atoms with van der Waals surface area (Å²) in [6, 6.07) is 7.98. The largest absolute Gasteiger partial charge is 0.508 e. The number of carbonyl (C=O) groups is 1. The van der Waals surface area contributed by atoms with Gasteiger partial charge < -0.3 is 20.2 Å². The number of carbonyl (C=O) groups excluding carboxylic acids is 1. The van der Waals surface area contributed by atoms with Gasteiger partial charge >= 0.3 is 0 Å². The molecule has 5 heteroatoms. The van der Waals surface area contributed by atoms with Crippen molar-refractivity contribution in [1.82, 2.24) is 4.90 Å². The molecule has 2 aromatic rings. The number of phenolic OH excluding ortho intramolecular Hbond substituents is 1. The second-order valence-corrected chi connectivity index (χ2v) is 4.45. The summed E-state index contributed by atoms with van der Waals surface area (Å²) in [4.78, 5) is 13.7. The Balaban J connectivity index is 2.16. The Morgan fingerprint density at radius 1 is 1.37 bits per heavy atom. The van der Waals surface area contributed by atoms with Crippen LogP contribution >= 0.6 is 0 Å². The number of hydrogen-bond acceptors (Lipinski definition) is 4. The van der Waals surface area contributed by atoms with Gasteiger partial charge in [-0.05, 0) is 37.3 Å². The minimum Gasteiger partial charge on any atom is -0.508 e. The Bertz CT molecular complexity index is 604. The van der Waals surface area contributed by atoms with E-state index in [1.54, 1.807) is 7.05 Å². The molecule has 2 rings (SSSR count). The zero-order valence-corrected chi connectivity index (χ0v) is 10.9. The SMILES string of the molecule is Cc1ccc(CN(C)C(=O)c2cc(O)ccc2N)o1. The molecule has 0 aliphatic heterocycles. The first kappa shape index (κ1) is 13.0. The number of anilines is 1. The summed E-state index contributed by atoms with van der Waals surface area (Å²) in [5.41, 5.74) is 6.36. The minimum absolute atomic E-state index is 0.0137. The molecule has 0 unspecified atom stereocenters. The molecular formula is C14H16N2O3. The number of nitrogen functional groups attached to an aromatic ring is 1. The Kier molecular flexibility index (Phi) is 3.46. The fourth-order valence-corrected chi connectivity index (χ4v) is 1.81. The first-order valence-electron chi connectivity index (χ1n) is 5.86. The van der Waals surface area contributed by atoms with Gasteiger partial charge in [-0.25, -0.2) is 0 Å². The first-order valence-corrected chi connectivity index (χ1v) is 5.86. The van der Waals surface area contributed by atoms with Crippen molar-refractivity contribution in [3.63, 3.8) is 0 Å². The standard InChI is InChI=1S/C14H16N2O3/c1-9-3-5-11(19-9)8-16(2)14(18)12-7-10(17)4-6-13(12)15/h3-7,17H,8,15H2,1-2H3. The molecular weight excluding hydrogens is 244 g/mol. The van der Waals surface area contributed by atoms with Crippen LogP contribution in [-0.4, -0.2) is 23.0 Å². The summed E-state index contributed by atoms with van der Waals surface area (Å²) < 4.78 is 5.42. The van der Waals surface area contributed by atoms with Gasteiger partial charge in [-0.15, -0.1) is 0 Å². The maximum absolute atomic E-state index is 12.2. The lowest BCUT2D eigenvalue weighted by Crippen LogP contribution is -2.26. The molecule has 0 atom stereocenters. The monoisotopic (exact) mass is 260 g/mol. The third-order valence-electron chi connectivity index (χ3n) is 2.80. The van der Waals surface area contributed by atoms with Gasteiger partial charge in [0.05, 0.1) is 12.1 Å². The number of benzene rings is 1. The molecule has 3 N–H and O–H groups in total. The molecule has 0 radical (unpaired) electrons. The number of nitrogens with two attached hydrogens (primary N) is 1. The van der Waals surface area contributed by atoms with Crippen molar-refractivity contribution in [1.29, 1.82) is 0 Å². The Morgan fingerprint density at radius 2 is 2.11 bits per heavy atom. The average molecular weight is 260 g/mol. The van der Waals surface area contributed by atoms with Crippen molar-refractivity contribution in [2.45, 2.75) is 13.5 Å². The van der Waals surface area contributed by atoms with Crippen LogP contribution in [0.15, 0.2) is 34.7 Å². The smallest absolute Gasteiger partial charge is 0.256 e. The lowest BCUT2D eigenvalue weighted by Gasteiger charge is -2.17. The molecule has 0 saturated heterocycles. The number of amides is 1. The van der Waals surface area contributed by atoms with Crippen molar-refractivity contribution >= 4 is 11.6 Å². The third-order valence-corrected chi connectivity index (χ3v) is 2.80. The quantitative estimate of drug-likeness (QED) is 0.654. The summed E-state index contributed by atoms with van der Waals surface area (Å²) in [6.45, 7) is 2.19. The molecule has 0 saturated carbocycles. The highest BCUT2D eigenvalue weighted by atomic mass is 16.3. The summed E-state index contributed by atoms with van der Waals surface area (Å²) >= 11 is 0. The van der Waals surface area contributed by atoms with E-state index in [9.17, 15) is 9.90 Å². The van der Waals surface area contributed by atoms with Crippen molar-refractivity contribution in [2.75, 3.05) is 12.8 Å². The first-order chi connectivity index (χ1) is 8.97. The van der Waals surface area contributed by atoms with E-state index in [2.05, 4.69) is 0 Å². The van der Waals surface area contributed by atoms with E-state index in [0.717, 1.165) is 5.76 Å². The van der Waals surface area contributed by atoms with Crippen LogP contribution in [0.25, 0.3) is 0 Å². The maximum atomic E-state index is 12.2. The molecule has 0 aliphatic carbocycles. The number of rotatable bonds is 3. The van der Waals surface area contributed by atoms with Crippen LogP contribution in [0, 0.1) is 6.92 Å². The van der Waals surface area contributed by atoms with Crippen LogP contribution in [-0.2, 0) is 6.54 Å². The summed E-state index contributed by atoms with van der Waals surface area (Å²) in [5, 5.41) is 9.42. The fourth-order valence-electron chi connectivity index (χ4n) is 1.81. The fraction of sp³-hybridized carbons (Fsp3) is 0.214. The van der Waals surface area contributed by atoms with Gasteiger partial charge in [-0.1, -0.05) is 0 Å². The van der Waals surface area contributed by atoms with E-state index < -0.39 is 0 Å². The highest BCUT2D eigenvalue weighted by Gasteiger charge is 2.16. The minimum atomic E-state index is -0.262. The molecule has 0 aliphatic rings. The summed E-state index contributed by atoms with van der Waals surface area (Å²) in [5.74, 6) is 1.25. The van der Waals surface area contributed by atoms with Crippen LogP contribution < -0.4 is 5.73 Å². The molecule has 19 heavy (non-hydrogen) atoms. The Labute approximate surface area is 111 Å². The van der Waals surface area contributed by atoms with Crippen LogP contribution in [0.2, 0.25) is 0 Å². The predicted molar refractivity (Wildman–Crippen MR) is 71.8 cm³/mol. The molecule has 5 nitrogen and oxygen atoms in total. The van der Waals surface area contributed by atoms with E-state index in [1.807, 2.05) is 19.1 Å². The number of aromatic hydroxyl groups is 1. The van der Waals surface area contributed by atoms with Crippen molar-refractivity contribution < 1.29 is 14.3 Å². The van der Waals surface area contributed by atoms with E-state index in [1.165, 1.54) is 23.1 Å². The lowest BCUT2D eigenvalue weighted by atomic mass is 10.1. The van der Waals surface area contributed by atoms with Crippen molar-refractivity contribution in [3.8, 4) is 5.75 Å². The van der Waals surface area contributed by atoms with Gasteiger partial charge in [0.25, 0.3) is 5.91 Å². The zero-order valence-electron chi connectivity index (χ0n) is 10.9. The van der Waals surface area contributed by atoms with Crippen LogP contribution in [0.1, 0.15) is 21.9 Å². The van der Waals surface area contributed by atoms with Gasteiger partial charge in [0.2, 0.25) is 0 Å². The number of phenols is 1. The maximum Gasteiger partial charge on any atom is 0.256 e. The molecule has 1 aromatic heterocycles. The van der Waals surface area contributed by atoms with Crippen LogP contribution in [0.3, 0.4) is 0 Å². The van der Waals surface area contributed by atoms with Gasteiger partial charge in [-0.3, -0.25) is 4.79 Å². The average Bonchev–Trinajstić information content (AvgIpc) is 2.77. The molecule has 1 amide bonds. The van der Waals surface area contributed by atoms with E-state index in [0.29, 0.717) is 18.0 Å². The third kappa shape index (κ3) is 2.88. The number of furan rings is 1. The van der Waals surface area contributed by atoms with Crippen LogP contribution in [0.4, 0.5) is 5.69 Å². The van der Waals surface area contributed by atoms with Crippen molar-refractivity contribution in [2.24, 2.45) is 0 Å². The van der Waals surface area contributed by atoms with Gasteiger partial charge in [0, 0.05) is 12.7 Å². The molecule has 100 valence electrons. The topological polar surface area (TPSA) is 79.7 Å². The van der Waals surface area contributed by atoms with E-state index in [-0.39, 0.29) is 17.2 Å². The number of nitrogens with zero attached hydrogens (tertiary/aromatic N) is 1. The molecule has 1 heterocycles. The predicted octanol–water partition coefficient (Wildman–Crippen LogP) is 2.15. The molecule has 1 aromatic carbocycles. The summed E-state index contributed by atoms with van der Waals surface area (Å²) in [7, 11) is 1.66. The number of aryl methyl sites for hydroxylation is 1. The summed E-state index contributed by atoms with van der Waals surface area (Å²) in [6.07, 6.45) is 0. The highest BCUT2D eigenvalue weighted by Crippen LogP contribution is 2.20. The van der Waals surface area contributed by atoms with E-state index >= 15 is 0 Å². The second-order valence-electron chi connectivity index (χ2n) is 4.45. The number of hydrogen-bond donors (Lipinski definition) is 2. The normalized spacial score (nSPS) is 10.4. The molecule has 0 fully saturated rings. The Morgan fingerprint density at radius 3 is 2.74 bits per heavy atom. The second kappa shape index (κ2) is 5.06. The van der Waals surface area contributed by atoms with Crippen LogP contribution in [0.5, 0.6) is 5.75 Å². The van der Waals surface area contributed by atoms with Gasteiger partial charge in [-0.2, -0.15) is 0 Å². The zero-order chi connectivity index (χ0) is 14.0. The highest BCUT2D eigenvalue weighted by molar-refractivity contribution is 5.99. The van der Waals surface area contributed by atoms with Gasteiger partial charge in [0.15, 0.2) is 0 Å².